The summed E-state index contributed by atoms with van der Waals surface area (Å²) in [6, 6.07) is 13.9. The normalized spacial score (nSPS) is 15.5. The molecule has 4 heterocycles. The fourth-order valence-electron chi connectivity index (χ4n) is 4.86. The zero-order valence-corrected chi connectivity index (χ0v) is 23.6. The van der Waals surface area contributed by atoms with Crippen LogP contribution in [0.25, 0.3) is 22.4 Å². The number of carboxylic acids is 1. The molecule has 10 heteroatoms. The van der Waals surface area contributed by atoms with Crippen molar-refractivity contribution < 1.29 is 23.9 Å². The zero-order chi connectivity index (χ0) is 29.0. The molecule has 0 spiro atoms. The zero-order valence-electron chi connectivity index (χ0n) is 22.9. The number of fused-ring (bicyclic) bond motifs is 1. The van der Waals surface area contributed by atoms with Gasteiger partial charge >= 0.3 is 5.97 Å². The second-order valence-corrected chi connectivity index (χ2v) is 11.8. The van der Waals surface area contributed by atoms with Crippen molar-refractivity contribution in [2.75, 3.05) is 18.0 Å². The fraction of sp³-hybridized carbons (Fsp3) is 0.300. The number of furan rings is 1. The molecule has 0 aliphatic carbocycles. The summed E-state index contributed by atoms with van der Waals surface area (Å²) in [7, 11) is 0. The van der Waals surface area contributed by atoms with Crippen molar-refractivity contribution in [1.29, 1.82) is 0 Å². The second-order valence-electron chi connectivity index (χ2n) is 11.3. The minimum atomic E-state index is -1.21. The number of amides is 2. The molecule has 40 heavy (non-hydrogen) atoms. The van der Waals surface area contributed by atoms with E-state index in [-0.39, 0.29) is 35.7 Å². The van der Waals surface area contributed by atoms with Gasteiger partial charge in [0, 0.05) is 41.5 Å². The van der Waals surface area contributed by atoms with Crippen LogP contribution in [-0.4, -0.2) is 56.4 Å². The molecule has 1 aliphatic heterocycles. The first-order chi connectivity index (χ1) is 18.8. The number of anilines is 1. The van der Waals surface area contributed by atoms with Crippen molar-refractivity contribution in [3.05, 3.63) is 76.6 Å². The van der Waals surface area contributed by atoms with Gasteiger partial charge in [-0.25, -0.2) is 14.8 Å². The van der Waals surface area contributed by atoms with Crippen molar-refractivity contribution >= 4 is 46.3 Å². The van der Waals surface area contributed by atoms with Crippen LogP contribution in [-0.2, 0) is 10.2 Å². The molecule has 1 N–H and O–H groups in total. The van der Waals surface area contributed by atoms with Crippen LogP contribution < -0.4 is 4.90 Å². The van der Waals surface area contributed by atoms with Crippen LogP contribution >= 0.6 is 11.6 Å². The van der Waals surface area contributed by atoms with Crippen LogP contribution in [0.5, 0.6) is 0 Å². The van der Waals surface area contributed by atoms with Crippen molar-refractivity contribution in [3.8, 4) is 11.3 Å². The van der Waals surface area contributed by atoms with Gasteiger partial charge in [0.05, 0.1) is 11.3 Å². The first-order valence-electron chi connectivity index (χ1n) is 12.8. The standard InChI is InChI=1S/C30H29ClN4O5/c1-29(2,3)20-14-21(17-6-9-19(31)10-7-17)33-22-15-23(40-25(20)22)26(36)35-13-12-34(28(39)30(35,4)5)24-11-8-18(16-32-24)27(37)38/h6-11,14-16H,12-13H2,1-5H3,(H,37,38). The first kappa shape index (κ1) is 27.3. The lowest BCUT2D eigenvalue weighted by atomic mass is 9.86. The smallest absolute Gasteiger partial charge is 0.337 e. The minimum Gasteiger partial charge on any atom is -0.478 e. The number of carbonyl (C=O) groups excluding carboxylic acids is 2. The molecule has 1 saturated heterocycles. The molecule has 1 fully saturated rings. The SMILES string of the molecule is CC(C)(C)c1cc(-c2ccc(Cl)cc2)nc2cc(C(=O)N3CCN(c4ccc(C(=O)O)cn4)C(=O)C3(C)C)oc12. The number of nitrogens with zero attached hydrogens (tertiary/aromatic N) is 4. The number of rotatable bonds is 4. The highest BCUT2D eigenvalue weighted by Gasteiger charge is 2.46. The van der Waals surface area contributed by atoms with E-state index in [9.17, 15) is 14.4 Å². The van der Waals surface area contributed by atoms with Crippen LogP contribution in [0, 0.1) is 0 Å². The number of hydrogen-bond acceptors (Lipinski definition) is 6. The molecule has 5 rings (SSSR count). The second kappa shape index (κ2) is 9.75. The van der Waals surface area contributed by atoms with E-state index in [0.29, 0.717) is 21.9 Å². The van der Waals surface area contributed by atoms with E-state index in [1.807, 2.05) is 18.2 Å². The van der Waals surface area contributed by atoms with Gasteiger partial charge in [0.2, 0.25) is 0 Å². The highest BCUT2D eigenvalue weighted by atomic mass is 35.5. The summed E-state index contributed by atoms with van der Waals surface area (Å²) < 4.78 is 6.16. The molecule has 0 saturated carbocycles. The Bertz CT molecular complexity index is 1640. The third kappa shape index (κ3) is 4.81. The largest absolute Gasteiger partial charge is 0.478 e. The lowest BCUT2D eigenvalue weighted by molar-refractivity contribution is -0.129. The van der Waals surface area contributed by atoms with Gasteiger partial charge in [0.1, 0.15) is 16.9 Å². The summed E-state index contributed by atoms with van der Waals surface area (Å²) in [6.07, 6.45) is 1.21. The van der Waals surface area contributed by atoms with Gasteiger partial charge in [-0.15, -0.1) is 0 Å². The first-order valence-corrected chi connectivity index (χ1v) is 13.2. The van der Waals surface area contributed by atoms with E-state index in [1.54, 1.807) is 32.0 Å². The maximum absolute atomic E-state index is 13.8. The summed E-state index contributed by atoms with van der Waals surface area (Å²) in [4.78, 5) is 50.4. The van der Waals surface area contributed by atoms with Gasteiger partial charge in [-0.1, -0.05) is 44.5 Å². The van der Waals surface area contributed by atoms with Crippen LogP contribution in [0.15, 0.2) is 59.1 Å². The van der Waals surface area contributed by atoms with Gasteiger partial charge < -0.3 is 14.4 Å². The molecule has 0 atom stereocenters. The molecule has 9 nitrogen and oxygen atoms in total. The molecule has 1 aromatic carbocycles. The van der Waals surface area contributed by atoms with E-state index in [0.717, 1.165) is 16.8 Å². The molecule has 0 radical (unpaired) electrons. The van der Waals surface area contributed by atoms with E-state index < -0.39 is 17.4 Å². The number of hydrogen-bond donors (Lipinski definition) is 1. The summed E-state index contributed by atoms with van der Waals surface area (Å²) >= 11 is 6.08. The minimum absolute atomic E-state index is 0.0246. The van der Waals surface area contributed by atoms with Crippen molar-refractivity contribution in [2.24, 2.45) is 0 Å². The predicted octanol–water partition coefficient (Wildman–Crippen LogP) is 5.81. The number of pyridine rings is 2. The Morgan fingerprint density at radius 1 is 1.05 bits per heavy atom. The Balaban J connectivity index is 1.48. The lowest BCUT2D eigenvalue weighted by Crippen LogP contribution is -2.64. The van der Waals surface area contributed by atoms with Crippen molar-refractivity contribution in [1.82, 2.24) is 14.9 Å². The molecule has 0 unspecified atom stereocenters. The lowest BCUT2D eigenvalue weighted by Gasteiger charge is -2.45. The number of benzene rings is 1. The summed E-state index contributed by atoms with van der Waals surface area (Å²) in [6.45, 7) is 9.96. The third-order valence-corrected chi connectivity index (χ3v) is 7.40. The summed E-state index contributed by atoms with van der Waals surface area (Å²) in [5.41, 5.74) is 2.11. The van der Waals surface area contributed by atoms with Crippen molar-refractivity contribution in [2.45, 2.75) is 45.6 Å². The molecule has 2 amide bonds. The number of aromatic nitrogens is 2. The van der Waals surface area contributed by atoms with E-state index in [4.69, 9.17) is 26.1 Å². The monoisotopic (exact) mass is 560 g/mol. The van der Waals surface area contributed by atoms with Crippen LogP contribution in [0.1, 0.15) is 61.1 Å². The molecule has 206 valence electrons. The van der Waals surface area contributed by atoms with E-state index >= 15 is 0 Å². The van der Waals surface area contributed by atoms with Crippen LogP contribution in [0.4, 0.5) is 5.82 Å². The van der Waals surface area contributed by atoms with Gasteiger partial charge in [-0.05, 0) is 49.6 Å². The Morgan fingerprint density at radius 2 is 1.75 bits per heavy atom. The van der Waals surface area contributed by atoms with E-state index in [2.05, 4.69) is 25.8 Å². The predicted molar refractivity (Wildman–Crippen MR) is 152 cm³/mol. The van der Waals surface area contributed by atoms with Crippen LogP contribution in [0.2, 0.25) is 5.02 Å². The number of carboxylic acid groups (broad SMARTS) is 1. The molecular weight excluding hydrogens is 532 g/mol. The molecule has 3 aromatic heterocycles. The average Bonchev–Trinajstić information content (AvgIpc) is 3.33. The molecule has 4 aromatic rings. The van der Waals surface area contributed by atoms with E-state index in [1.165, 1.54) is 28.1 Å². The summed E-state index contributed by atoms with van der Waals surface area (Å²) in [5, 5.41) is 9.77. The van der Waals surface area contributed by atoms with Gasteiger partial charge in [-0.3, -0.25) is 14.5 Å². The average molecular weight is 561 g/mol. The Labute approximate surface area is 236 Å². The quantitative estimate of drug-likeness (QED) is 0.335. The maximum atomic E-state index is 13.8. The molecular formula is C30H29ClN4O5. The molecule has 0 bridgehead atoms. The van der Waals surface area contributed by atoms with Gasteiger partial charge in [0.25, 0.3) is 11.8 Å². The highest BCUT2D eigenvalue weighted by Crippen LogP contribution is 2.36. The topological polar surface area (TPSA) is 117 Å². The van der Waals surface area contributed by atoms with Crippen LogP contribution in [0.3, 0.4) is 0 Å². The number of piperazine rings is 1. The summed E-state index contributed by atoms with van der Waals surface area (Å²) in [5.74, 6) is -1.43. The number of carbonyl (C=O) groups is 3. The highest BCUT2D eigenvalue weighted by molar-refractivity contribution is 6.30. The van der Waals surface area contributed by atoms with Gasteiger partial charge in [0.15, 0.2) is 11.3 Å². The Kier molecular flexibility index (Phi) is 6.66. The number of aromatic carboxylic acids is 1. The number of halogens is 1. The maximum Gasteiger partial charge on any atom is 0.337 e. The Morgan fingerprint density at radius 3 is 2.35 bits per heavy atom. The third-order valence-electron chi connectivity index (χ3n) is 7.14. The fourth-order valence-corrected chi connectivity index (χ4v) is 4.98. The van der Waals surface area contributed by atoms with Crippen molar-refractivity contribution in [3.63, 3.8) is 0 Å². The van der Waals surface area contributed by atoms with Gasteiger partial charge in [-0.2, -0.15) is 0 Å². The molecule has 1 aliphatic rings. The Hall–Kier alpha value is -4.24.